The second kappa shape index (κ2) is 5.78. The fourth-order valence-corrected chi connectivity index (χ4v) is 1.56. The molecule has 0 aliphatic carbocycles. The molecule has 0 spiro atoms. The second-order valence-electron chi connectivity index (χ2n) is 6.24. The van der Waals surface area contributed by atoms with Gasteiger partial charge in [-0.2, -0.15) is 0 Å². The molecule has 86 valence electrons. The van der Waals surface area contributed by atoms with Crippen LogP contribution in [0.4, 0.5) is 0 Å². The van der Waals surface area contributed by atoms with Crippen LogP contribution in [0.2, 0.25) is 0 Å². The molecule has 0 unspecified atom stereocenters. The summed E-state index contributed by atoms with van der Waals surface area (Å²) in [4.78, 5) is 0. The molecule has 0 nitrogen and oxygen atoms in total. The van der Waals surface area contributed by atoms with E-state index < -0.39 is 0 Å². The van der Waals surface area contributed by atoms with Gasteiger partial charge in [-0.15, -0.1) is 0 Å². The van der Waals surface area contributed by atoms with Gasteiger partial charge < -0.3 is 0 Å². The first-order chi connectivity index (χ1) is 6.33. The molecule has 0 saturated heterocycles. The van der Waals surface area contributed by atoms with Crippen LogP contribution in [0.1, 0.15) is 80.1 Å². The van der Waals surface area contributed by atoms with Crippen molar-refractivity contribution in [2.45, 2.75) is 80.1 Å². The van der Waals surface area contributed by atoms with Gasteiger partial charge in [0.15, 0.2) is 0 Å². The van der Waals surface area contributed by atoms with Gasteiger partial charge in [0.25, 0.3) is 0 Å². The summed E-state index contributed by atoms with van der Waals surface area (Å²) in [6.45, 7) is 14.2. The summed E-state index contributed by atoms with van der Waals surface area (Å²) >= 11 is 0. The Morgan fingerprint density at radius 2 is 0.929 bits per heavy atom. The molecule has 0 radical (unpaired) electrons. The van der Waals surface area contributed by atoms with Crippen molar-refractivity contribution in [2.24, 2.45) is 10.8 Å². The molecule has 0 aromatic rings. The van der Waals surface area contributed by atoms with Crippen LogP contribution < -0.4 is 0 Å². The van der Waals surface area contributed by atoms with Crippen LogP contribution in [-0.4, -0.2) is 0 Å². The van der Waals surface area contributed by atoms with Crippen molar-refractivity contribution >= 4 is 0 Å². The van der Waals surface area contributed by atoms with Crippen LogP contribution in [-0.2, 0) is 0 Å². The maximum absolute atomic E-state index is 2.39. The van der Waals surface area contributed by atoms with Crippen LogP contribution >= 0.6 is 0 Å². The number of rotatable bonds is 7. The number of hydrogen-bond donors (Lipinski definition) is 0. The van der Waals surface area contributed by atoms with E-state index in [4.69, 9.17) is 0 Å². The van der Waals surface area contributed by atoms with Gasteiger partial charge in [-0.1, -0.05) is 67.2 Å². The lowest BCUT2D eigenvalue weighted by atomic mass is 9.81. The van der Waals surface area contributed by atoms with Gasteiger partial charge in [-0.25, -0.2) is 0 Å². The van der Waals surface area contributed by atoms with E-state index >= 15 is 0 Å². The van der Waals surface area contributed by atoms with E-state index in [1.54, 1.807) is 0 Å². The van der Waals surface area contributed by atoms with Crippen LogP contribution in [0.15, 0.2) is 0 Å². The van der Waals surface area contributed by atoms with Gasteiger partial charge in [-0.3, -0.25) is 0 Å². The first-order valence-electron chi connectivity index (χ1n) is 6.33. The lowest BCUT2D eigenvalue weighted by Gasteiger charge is -2.25. The minimum Gasteiger partial charge on any atom is -0.0649 e. The monoisotopic (exact) mass is 198 g/mol. The minimum atomic E-state index is 0.566. The maximum Gasteiger partial charge on any atom is -0.0357 e. The molecule has 0 N–H and O–H groups in total. The van der Waals surface area contributed by atoms with Crippen molar-refractivity contribution in [3.63, 3.8) is 0 Å². The first kappa shape index (κ1) is 14.0. The van der Waals surface area contributed by atoms with Gasteiger partial charge in [-0.05, 0) is 23.7 Å². The largest absolute Gasteiger partial charge is 0.0649 e. The molecule has 0 atom stereocenters. The normalized spacial score (nSPS) is 13.3. The Morgan fingerprint density at radius 1 is 0.643 bits per heavy atom. The molecule has 0 aliphatic heterocycles. The summed E-state index contributed by atoms with van der Waals surface area (Å²) in [5.41, 5.74) is 1.13. The molecular weight excluding hydrogens is 168 g/mol. The maximum atomic E-state index is 2.39. The van der Waals surface area contributed by atoms with E-state index in [-0.39, 0.29) is 0 Å². The summed E-state index contributed by atoms with van der Waals surface area (Å²) in [6.07, 6.45) is 8.22. The van der Waals surface area contributed by atoms with Crippen LogP contribution in [0, 0.1) is 10.8 Å². The lowest BCUT2D eigenvalue weighted by molar-refractivity contribution is 0.273. The molecule has 0 amide bonds. The third-order valence-electron chi connectivity index (χ3n) is 3.87. The van der Waals surface area contributed by atoms with E-state index in [9.17, 15) is 0 Å². The minimum absolute atomic E-state index is 0.566. The molecular formula is C14H30. The van der Waals surface area contributed by atoms with Crippen LogP contribution in [0.25, 0.3) is 0 Å². The summed E-state index contributed by atoms with van der Waals surface area (Å²) in [7, 11) is 0. The van der Waals surface area contributed by atoms with Gasteiger partial charge >= 0.3 is 0 Å². The Morgan fingerprint density at radius 3 is 1.14 bits per heavy atom. The van der Waals surface area contributed by atoms with Crippen LogP contribution in [0.3, 0.4) is 0 Å². The second-order valence-corrected chi connectivity index (χ2v) is 6.24. The fraction of sp³-hybridized carbons (Fsp3) is 1.00. The average Bonchev–Trinajstić information content (AvgIpc) is 2.13. The SMILES string of the molecule is CCC(C)(C)CCCCC(C)(C)CC. The molecule has 0 saturated carbocycles. The summed E-state index contributed by atoms with van der Waals surface area (Å²) in [5.74, 6) is 0. The molecule has 0 heteroatoms. The predicted octanol–water partition coefficient (Wildman–Crippen LogP) is 5.42. The third kappa shape index (κ3) is 6.45. The van der Waals surface area contributed by atoms with Crippen molar-refractivity contribution in [3.05, 3.63) is 0 Å². The zero-order valence-corrected chi connectivity index (χ0v) is 11.2. The summed E-state index contributed by atoms with van der Waals surface area (Å²) in [6, 6.07) is 0. The first-order valence-corrected chi connectivity index (χ1v) is 6.33. The molecule has 0 heterocycles. The Bertz CT molecular complexity index is 124. The quantitative estimate of drug-likeness (QED) is 0.479. The van der Waals surface area contributed by atoms with Crippen molar-refractivity contribution in [2.75, 3.05) is 0 Å². The van der Waals surface area contributed by atoms with E-state index in [2.05, 4.69) is 41.5 Å². The van der Waals surface area contributed by atoms with E-state index in [1.165, 1.54) is 38.5 Å². The highest BCUT2D eigenvalue weighted by Crippen LogP contribution is 2.31. The van der Waals surface area contributed by atoms with E-state index in [0.717, 1.165) is 0 Å². The highest BCUT2D eigenvalue weighted by molar-refractivity contribution is 4.69. The van der Waals surface area contributed by atoms with Crippen molar-refractivity contribution in [1.29, 1.82) is 0 Å². The van der Waals surface area contributed by atoms with Gasteiger partial charge in [0, 0.05) is 0 Å². The highest BCUT2D eigenvalue weighted by atomic mass is 14.2. The Balaban J connectivity index is 3.57. The summed E-state index contributed by atoms with van der Waals surface area (Å²) < 4.78 is 0. The fourth-order valence-electron chi connectivity index (χ4n) is 1.56. The van der Waals surface area contributed by atoms with Gasteiger partial charge in [0.1, 0.15) is 0 Å². The standard InChI is InChI=1S/C14H30/c1-7-13(3,4)11-9-10-12-14(5,6)8-2/h7-12H2,1-6H3. The topological polar surface area (TPSA) is 0 Å². The molecule has 0 fully saturated rings. The smallest absolute Gasteiger partial charge is 0.0357 e. The lowest BCUT2D eigenvalue weighted by Crippen LogP contribution is -2.12. The molecule has 0 aliphatic rings. The zero-order valence-electron chi connectivity index (χ0n) is 11.2. The average molecular weight is 198 g/mol. The molecule has 0 aromatic heterocycles. The van der Waals surface area contributed by atoms with Crippen molar-refractivity contribution in [3.8, 4) is 0 Å². The van der Waals surface area contributed by atoms with Gasteiger partial charge in [0.2, 0.25) is 0 Å². The predicted molar refractivity (Wildman–Crippen MR) is 66.6 cm³/mol. The number of unbranched alkanes of at least 4 members (excludes halogenated alkanes) is 1. The molecule has 14 heavy (non-hydrogen) atoms. The Hall–Kier alpha value is 0. The molecule has 0 rings (SSSR count). The van der Waals surface area contributed by atoms with Crippen LogP contribution in [0.5, 0.6) is 0 Å². The number of hydrogen-bond acceptors (Lipinski definition) is 0. The van der Waals surface area contributed by atoms with E-state index in [1.807, 2.05) is 0 Å². The van der Waals surface area contributed by atoms with Crippen molar-refractivity contribution in [1.82, 2.24) is 0 Å². The van der Waals surface area contributed by atoms with E-state index in [0.29, 0.717) is 10.8 Å². The Labute approximate surface area is 91.5 Å². The highest BCUT2D eigenvalue weighted by Gasteiger charge is 2.17. The summed E-state index contributed by atoms with van der Waals surface area (Å²) in [5, 5.41) is 0. The van der Waals surface area contributed by atoms with Crippen molar-refractivity contribution < 1.29 is 0 Å². The molecule has 0 bridgehead atoms. The zero-order chi connectivity index (χ0) is 11.2. The Kier molecular flexibility index (Phi) is 5.78. The van der Waals surface area contributed by atoms with Gasteiger partial charge in [0.05, 0.1) is 0 Å². The molecule has 0 aromatic carbocycles. The third-order valence-corrected chi connectivity index (χ3v) is 3.87.